The van der Waals surface area contributed by atoms with Gasteiger partial charge in [-0.1, -0.05) is 49.7 Å². The van der Waals surface area contributed by atoms with Crippen LogP contribution < -0.4 is 0 Å². The topological polar surface area (TPSA) is 9.23 Å². The Kier molecular flexibility index (Phi) is 4.54. The van der Waals surface area contributed by atoms with Gasteiger partial charge in [0.1, 0.15) is 6.10 Å². The maximum Gasteiger partial charge on any atom is 0.124 e. The molecule has 2 heteroatoms. The highest BCUT2D eigenvalue weighted by Crippen LogP contribution is 2.28. The fourth-order valence-electron chi connectivity index (χ4n) is 1.41. The molecule has 0 amide bonds. The van der Waals surface area contributed by atoms with Gasteiger partial charge in [0.15, 0.2) is 0 Å². The minimum Gasteiger partial charge on any atom is -0.494 e. The van der Waals surface area contributed by atoms with Crippen LogP contribution in [0.1, 0.15) is 31.4 Å². The Hall–Kier alpha value is -0.950. The van der Waals surface area contributed by atoms with Crippen molar-refractivity contribution in [2.75, 3.05) is 0 Å². The molecular weight excluding hydrogens is 196 g/mol. The molecule has 1 atom stereocenters. The van der Waals surface area contributed by atoms with Crippen molar-refractivity contribution in [1.29, 1.82) is 0 Å². The average Bonchev–Trinajstić information content (AvgIpc) is 2.18. The minimum absolute atomic E-state index is 0.0335. The number of rotatable bonds is 5. The van der Waals surface area contributed by atoms with E-state index in [9.17, 15) is 0 Å². The molecule has 0 N–H and O–H groups in total. The molecule has 76 valence electrons. The molecule has 0 aliphatic carbocycles. The molecule has 0 aromatic heterocycles. The predicted octanol–water partition coefficient (Wildman–Crippen LogP) is 4.34. The van der Waals surface area contributed by atoms with E-state index in [-0.39, 0.29) is 6.10 Å². The zero-order valence-corrected chi connectivity index (χ0v) is 9.13. The summed E-state index contributed by atoms with van der Waals surface area (Å²) in [5.74, 6) is 0. The first-order valence-corrected chi connectivity index (χ1v) is 5.18. The second-order valence-corrected chi connectivity index (χ2v) is 3.51. The SMILES string of the molecule is C=COC(CCC)c1ccccc1Cl. The molecule has 0 radical (unpaired) electrons. The molecular formula is C12H15ClO. The third-order valence-electron chi connectivity index (χ3n) is 2.06. The van der Waals surface area contributed by atoms with E-state index in [0.29, 0.717) is 0 Å². The lowest BCUT2D eigenvalue weighted by Crippen LogP contribution is -2.00. The first-order valence-electron chi connectivity index (χ1n) is 4.80. The fraction of sp³-hybridized carbons (Fsp3) is 0.333. The van der Waals surface area contributed by atoms with Gasteiger partial charge in [0.25, 0.3) is 0 Å². The average molecular weight is 211 g/mol. The summed E-state index contributed by atoms with van der Waals surface area (Å²) < 4.78 is 5.43. The zero-order valence-electron chi connectivity index (χ0n) is 8.37. The normalized spacial score (nSPS) is 12.1. The van der Waals surface area contributed by atoms with Gasteiger partial charge in [0, 0.05) is 10.6 Å². The molecule has 1 nitrogen and oxygen atoms in total. The minimum atomic E-state index is 0.0335. The second kappa shape index (κ2) is 5.71. The van der Waals surface area contributed by atoms with Gasteiger partial charge in [-0.25, -0.2) is 0 Å². The van der Waals surface area contributed by atoms with Gasteiger partial charge in [-0.2, -0.15) is 0 Å². The molecule has 0 aliphatic heterocycles. The Morgan fingerprint density at radius 1 is 1.50 bits per heavy atom. The van der Waals surface area contributed by atoms with Crippen molar-refractivity contribution < 1.29 is 4.74 Å². The van der Waals surface area contributed by atoms with E-state index in [1.807, 2.05) is 24.3 Å². The van der Waals surface area contributed by atoms with E-state index >= 15 is 0 Å². The summed E-state index contributed by atoms with van der Waals surface area (Å²) in [7, 11) is 0. The molecule has 14 heavy (non-hydrogen) atoms. The van der Waals surface area contributed by atoms with Crippen LogP contribution in [-0.2, 0) is 4.74 Å². The Bertz CT molecular complexity index is 296. The van der Waals surface area contributed by atoms with Crippen LogP contribution in [0.25, 0.3) is 0 Å². The molecule has 0 spiro atoms. The lowest BCUT2D eigenvalue weighted by atomic mass is 10.1. The third-order valence-corrected chi connectivity index (χ3v) is 2.41. The number of halogens is 1. The molecule has 0 saturated carbocycles. The lowest BCUT2D eigenvalue weighted by Gasteiger charge is -2.17. The summed E-state index contributed by atoms with van der Waals surface area (Å²) in [6.07, 6.45) is 3.52. The molecule has 0 fully saturated rings. The standard InChI is InChI=1S/C12H15ClO/c1-3-7-12(14-4-2)10-8-5-6-9-11(10)13/h4-6,8-9,12H,2-3,7H2,1H3. The van der Waals surface area contributed by atoms with Crippen LogP contribution >= 0.6 is 11.6 Å². The summed E-state index contributed by atoms with van der Waals surface area (Å²) in [6.45, 7) is 5.69. The van der Waals surface area contributed by atoms with Crippen LogP contribution in [0.2, 0.25) is 5.02 Å². The van der Waals surface area contributed by atoms with Crippen LogP contribution in [-0.4, -0.2) is 0 Å². The molecule has 1 rings (SSSR count). The van der Waals surface area contributed by atoms with E-state index in [1.165, 1.54) is 6.26 Å². The van der Waals surface area contributed by atoms with E-state index in [2.05, 4.69) is 13.5 Å². The van der Waals surface area contributed by atoms with Crippen LogP contribution in [0.3, 0.4) is 0 Å². The van der Waals surface area contributed by atoms with Crippen molar-refractivity contribution in [3.05, 3.63) is 47.7 Å². The fourth-order valence-corrected chi connectivity index (χ4v) is 1.67. The van der Waals surface area contributed by atoms with E-state index < -0.39 is 0 Å². The Balaban J connectivity index is 2.86. The number of benzene rings is 1. The van der Waals surface area contributed by atoms with Crippen molar-refractivity contribution in [2.45, 2.75) is 25.9 Å². The monoisotopic (exact) mass is 210 g/mol. The van der Waals surface area contributed by atoms with E-state index in [1.54, 1.807) is 0 Å². The number of hydrogen-bond acceptors (Lipinski definition) is 1. The zero-order chi connectivity index (χ0) is 10.4. The number of ether oxygens (including phenoxy) is 1. The van der Waals surface area contributed by atoms with Crippen molar-refractivity contribution in [3.63, 3.8) is 0 Å². The van der Waals surface area contributed by atoms with Gasteiger partial charge in [0.05, 0.1) is 6.26 Å². The van der Waals surface area contributed by atoms with Crippen LogP contribution in [0.4, 0.5) is 0 Å². The predicted molar refractivity (Wildman–Crippen MR) is 60.4 cm³/mol. The van der Waals surface area contributed by atoms with Crippen LogP contribution in [0.15, 0.2) is 37.1 Å². The molecule has 1 aromatic rings. The Morgan fingerprint density at radius 3 is 2.79 bits per heavy atom. The second-order valence-electron chi connectivity index (χ2n) is 3.10. The van der Waals surface area contributed by atoms with Gasteiger partial charge >= 0.3 is 0 Å². The molecule has 0 saturated heterocycles. The van der Waals surface area contributed by atoms with Crippen LogP contribution in [0, 0.1) is 0 Å². The van der Waals surface area contributed by atoms with Gasteiger partial charge < -0.3 is 4.74 Å². The van der Waals surface area contributed by atoms with Gasteiger partial charge in [-0.05, 0) is 12.5 Å². The summed E-state index contributed by atoms with van der Waals surface area (Å²) in [5.41, 5.74) is 1.04. The summed E-state index contributed by atoms with van der Waals surface area (Å²) in [6, 6.07) is 7.76. The summed E-state index contributed by atoms with van der Waals surface area (Å²) in [4.78, 5) is 0. The first-order chi connectivity index (χ1) is 6.79. The van der Waals surface area contributed by atoms with Gasteiger partial charge in [-0.3, -0.25) is 0 Å². The molecule has 1 unspecified atom stereocenters. The Labute approximate surface area is 90.3 Å². The molecule has 0 aliphatic rings. The smallest absolute Gasteiger partial charge is 0.124 e. The molecule has 0 bridgehead atoms. The molecule has 0 heterocycles. The quantitative estimate of drug-likeness (QED) is 0.657. The highest BCUT2D eigenvalue weighted by Gasteiger charge is 2.12. The van der Waals surface area contributed by atoms with Crippen molar-refractivity contribution in [3.8, 4) is 0 Å². The van der Waals surface area contributed by atoms with E-state index in [0.717, 1.165) is 23.4 Å². The van der Waals surface area contributed by atoms with Crippen molar-refractivity contribution in [1.82, 2.24) is 0 Å². The number of hydrogen-bond donors (Lipinski definition) is 0. The van der Waals surface area contributed by atoms with Gasteiger partial charge in [0.2, 0.25) is 0 Å². The maximum atomic E-state index is 6.08. The lowest BCUT2D eigenvalue weighted by molar-refractivity contribution is 0.137. The molecule has 1 aromatic carbocycles. The first kappa shape index (κ1) is 11.1. The van der Waals surface area contributed by atoms with Gasteiger partial charge in [-0.15, -0.1) is 0 Å². The highest BCUT2D eigenvalue weighted by atomic mass is 35.5. The maximum absolute atomic E-state index is 6.08. The van der Waals surface area contributed by atoms with E-state index in [4.69, 9.17) is 16.3 Å². The van der Waals surface area contributed by atoms with Crippen LogP contribution in [0.5, 0.6) is 0 Å². The summed E-state index contributed by atoms with van der Waals surface area (Å²) >= 11 is 6.08. The summed E-state index contributed by atoms with van der Waals surface area (Å²) in [5, 5.41) is 0.757. The third kappa shape index (κ3) is 2.78. The largest absolute Gasteiger partial charge is 0.494 e. The highest BCUT2D eigenvalue weighted by molar-refractivity contribution is 6.31. The Morgan fingerprint density at radius 2 is 2.21 bits per heavy atom. The van der Waals surface area contributed by atoms with Crippen molar-refractivity contribution in [2.24, 2.45) is 0 Å². The van der Waals surface area contributed by atoms with Crippen molar-refractivity contribution >= 4 is 11.6 Å².